The number of hydrogen-bond donors (Lipinski definition) is 1. The molecule has 0 aliphatic rings. The van der Waals surface area contributed by atoms with E-state index in [4.69, 9.17) is 9.47 Å². The third-order valence-electron chi connectivity index (χ3n) is 3.23. The van der Waals surface area contributed by atoms with E-state index >= 15 is 0 Å². The van der Waals surface area contributed by atoms with Crippen LogP contribution in [0.5, 0.6) is 11.5 Å². The molecule has 24 heavy (non-hydrogen) atoms. The zero-order valence-electron chi connectivity index (χ0n) is 14.2. The first-order chi connectivity index (χ1) is 11.6. The van der Waals surface area contributed by atoms with Crippen molar-refractivity contribution in [1.29, 1.82) is 0 Å². The maximum Gasteiger partial charge on any atom is 0.270 e. The van der Waals surface area contributed by atoms with Gasteiger partial charge in [0.1, 0.15) is 11.5 Å². The molecule has 8 heteroatoms. The van der Waals surface area contributed by atoms with E-state index in [-0.39, 0.29) is 24.6 Å². The molecule has 1 aromatic carbocycles. The van der Waals surface area contributed by atoms with Gasteiger partial charge in [0.05, 0.1) is 12.6 Å². The number of amides is 1. The summed E-state index contributed by atoms with van der Waals surface area (Å²) in [4.78, 5) is 13.3. The lowest BCUT2D eigenvalue weighted by Crippen LogP contribution is -2.21. The maximum absolute atomic E-state index is 11.8. The molecule has 1 atom stereocenters. The monoisotopic (exact) mass is 333 g/mol. The van der Waals surface area contributed by atoms with Crippen molar-refractivity contribution in [2.45, 2.75) is 46.3 Å². The molecular weight excluding hydrogens is 310 g/mol. The number of benzene rings is 1. The lowest BCUT2D eigenvalue weighted by molar-refractivity contribution is -0.118. The van der Waals surface area contributed by atoms with Crippen LogP contribution in [0.4, 0.5) is 5.95 Å². The molecule has 0 aliphatic carbocycles. The number of ether oxygens (including phenoxy) is 2. The van der Waals surface area contributed by atoms with Crippen LogP contribution in [0.2, 0.25) is 0 Å². The molecule has 0 spiro atoms. The molecule has 1 aromatic heterocycles. The van der Waals surface area contributed by atoms with Crippen molar-refractivity contribution in [2.75, 3.05) is 11.9 Å². The van der Waals surface area contributed by atoms with Gasteiger partial charge in [0, 0.05) is 0 Å². The van der Waals surface area contributed by atoms with E-state index < -0.39 is 0 Å². The van der Waals surface area contributed by atoms with E-state index in [9.17, 15) is 4.79 Å². The van der Waals surface area contributed by atoms with Gasteiger partial charge in [-0.2, -0.15) is 4.80 Å². The standard InChI is InChI=1S/C16H23N5O3/c1-4-10-21-19-16(18-20-21)17-15(22)11-23-13-6-8-14(9-7-13)24-12(3)5-2/h6-9,12H,4-5,10-11H2,1-3H3,(H,17,19,22)/t12-/m0/s1. The Balaban J connectivity index is 1.78. The number of nitrogens with one attached hydrogen (secondary N) is 1. The number of aromatic nitrogens is 4. The van der Waals surface area contributed by atoms with E-state index in [1.54, 1.807) is 12.1 Å². The van der Waals surface area contributed by atoms with Crippen molar-refractivity contribution < 1.29 is 14.3 Å². The SMILES string of the molecule is CCCn1nnc(NC(=O)COc2ccc(O[C@@H](C)CC)cc2)n1. The zero-order chi connectivity index (χ0) is 17.4. The number of nitrogens with zero attached hydrogens (tertiary/aromatic N) is 4. The smallest absolute Gasteiger partial charge is 0.270 e. The first kappa shape index (κ1) is 17.7. The van der Waals surface area contributed by atoms with Crippen molar-refractivity contribution in [3.05, 3.63) is 24.3 Å². The Labute approximate surface area is 141 Å². The second kappa shape index (κ2) is 8.85. The predicted molar refractivity (Wildman–Crippen MR) is 89.1 cm³/mol. The third-order valence-corrected chi connectivity index (χ3v) is 3.23. The van der Waals surface area contributed by atoms with Crippen molar-refractivity contribution in [2.24, 2.45) is 0 Å². The van der Waals surface area contributed by atoms with Gasteiger partial charge < -0.3 is 9.47 Å². The van der Waals surface area contributed by atoms with Gasteiger partial charge in [-0.25, -0.2) is 0 Å². The molecule has 0 bridgehead atoms. The normalized spacial score (nSPS) is 11.8. The second-order valence-corrected chi connectivity index (χ2v) is 5.35. The van der Waals surface area contributed by atoms with Gasteiger partial charge in [0.25, 0.3) is 11.9 Å². The van der Waals surface area contributed by atoms with Crippen molar-refractivity contribution in [3.63, 3.8) is 0 Å². The third kappa shape index (κ3) is 5.53. The van der Waals surface area contributed by atoms with Gasteiger partial charge in [-0.15, -0.1) is 5.10 Å². The van der Waals surface area contributed by atoms with Crippen LogP contribution in [0.15, 0.2) is 24.3 Å². The van der Waals surface area contributed by atoms with Gasteiger partial charge >= 0.3 is 0 Å². The molecule has 0 saturated heterocycles. The molecule has 0 aliphatic heterocycles. The van der Waals surface area contributed by atoms with Gasteiger partial charge in [-0.1, -0.05) is 18.9 Å². The Kier molecular flexibility index (Phi) is 6.53. The number of hydrogen-bond acceptors (Lipinski definition) is 6. The lowest BCUT2D eigenvalue weighted by Gasteiger charge is -2.13. The quantitative estimate of drug-likeness (QED) is 0.757. The molecule has 1 N–H and O–H groups in total. The Hall–Kier alpha value is -2.64. The highest BCUT2D eigenvalue weighted by molar-refractivity contribution is 5.90. The first-order valence-electron chi connectivity index (χ1n) is 8.07. The fourth-order valence-corrected chi connectivity index (χ4v) is 1.83. The molecule has 0 unspecified atom stereocenters. The average molecular weight is 333 g/mol. The van der Waals surface area contributed by atoms with E-state index in [0.29, 0.717) is 12.3 Å². The van der Waals surface area contributed by atoms with E-state index in [0.717, 1.165) is 18.6 Å². The van der Waals surface area contributed by atoms with Gasteiger partial charge in [-0.3, -0.25) is 10.1 Å². The molecule has 0 radical (unpaired) electrons. The van der Waals surface area contributed by atoms with Crippen molar-refractivity contribution in [1.82, 2.24) is 20.2 Å². The highest BCUT2D eigenvalue weighted by Gasteiger charge is 2.08. The fourth-order valence-electron chi connectivity index (χ4n) is 1.83. The Morgan fingerprint density at radius 3 is 2.62 bits per heavy atom. The maximum atomic E-state index is 11.8. The molecule has 2 aromatic rings. The molecule has 8 nitrogen and oxygen atoms in total. The molecule has 1 amide bonds. The number of rotatable bonds is 9. The summed E-state index contributed by atoms with van der Waals surface area (Å²) < 4.78 is 11.1. The molecule has 2 rings (SSSR count). The highest BCUT2D eigenvalue weighted by Crippen LogP contribution is 2.19. The first-order valence-corrected chi connectivity index (χ1v) is 8.07. The number of tetrazole rings is 1. The number of carbonyl (C=O) groups is 1. The lowest BCUT2D eigenvalue weighted by atomic mass is 10.3. The van der Waals surface area contributed by atoms with Crippen LogP contribution in [-0.2, 0) is 11.3 Å². The molecular formula is C16H23N5O3. The highest BCUT2D eigenvalue weighted by atomic mass is 16.5. The van der Waals surface area contributed by atoms with Gasteiger partial charge in [0.2, 0.25) is 0 Å². The minimum Gasteiger partial charge on any atom is -0.491 e. The number of aryl methyl sites for hydroxylation is 1. The summed E-state index contributed by atoms with van der Waals surface area (Å²) in [6.07, 6.45) is 2.00. The van der Waals surface area contributed by atoms with Crippen LogP contribution < -0.4 is 14.8 Å². The Bertz CT molecular complexity index is 641. The summed E-state index contributed by atoms with van der Waals surface area (Å²) in [5.74, 6) is 1.20. The summed E-state index contributed by atoms with van der Waals surface area (Å²) in [6.45, 7) is 6.61. The van der Waals surface area contributed by atoms with Crippen LogP contribution in [0.25, 0.3) is 0 Å². The Morgan fingerprint density at radius 1 is 1.25 bits per heavy atom. The topological polar surface area (TPSA) is 91.2 Å². The molecule has 0 saturated carbocycles. The second-order valence-electron chi connectivity index (χ2n) is 5.35. The van der Waals surface area contributed by atoms with Gasteiger partial charge in [0.15, 0.2) is 6.61 Å². The minimum absolute atomic E-state index is 0.131. The summed E-state index contributed by atoms with van der Waals surface area (Å²) in [5.41, 5.74) is 0. The van der Waals surface area contributed by atoms with Crippen LogP contribution in [0.1, 0.15) is 33.6 Å². The average Bonchev–Trinajstić information content (AvgIpc) is 3.01. The fraction of sp³-hybridized carbons (Fsp3) is 0.500. The van der Waals surface area contributed by atoms with E-state index in [1.807, 2.05) is 26.0 Å². The number of anilines is 1. The predicted octanol–water partition coefficient (Wildman–Crippen LogP) is 2.28. The molecule has 1 heterocycles. The molecule has 0 fully saturated rings. The van der Waals surface area contributed by atoms with Crippen LogP contribution in [-0.4, -0.2) is 38.8 Å². The number of carbonyl (C=O) groups excluding carboxylic acids is 1. The van der Waals surface area contributed by atoms with Gasteiger partial charge in [-0.05, 0) is 49.2 Å². The minimum atomic E-state index is -0.342. The summed E-state index contributed by atoms with van der Waals surface area (Å²) in [7, 11) is 0. The van der Waals surface area contributed by atoms with Crippen LogP contribution >= 0.6 is 0 Å². The molecule has 130 valence electrons. The van der Waals surface area contributed by atoms with Crippen LogP contribution in [0, 0.1) is 0 Å². The summed E-state index contributed by atoms with van der Waals surface area (Å²) >= 11 is 0. The summed E-state index contributed by atoms with van der Waals surface area (Å²) in [5, 5.41) is 14.2. The van der Waals surface area contributed by atoms with E-state index in [2.05, 4.69) is 27.7 Å². The summed E-state index contributed by atoms with van der Waals surface area (Å²) in [6, 6.07) is 7.16. The largest absolute Gasteiger partial charge is 0.491 e. The van der Waals surface area contributed by atoms with Crippen molar-refractivity contribution >= 4 is 11.9 Å². The van der Waals surface area contributed by atoms with Crippen LogP contribution in [0.3, 0.4) is 0 Å². The zero-order valence-corrected chi connectivity index (χ0v) is 14.2. The van der Waals surface area contributed by atoms with Crippen molar-refractivity contribution in [3.8, 4) is 11.5 Å². The van der Waals surface area contributed by atoms with E-state index in [1.165, 1.54) is 4.80 Å². The Morgan fingerprint density at radius 2 is 1.96 bits per heavy atom.